The predicted molar refractivity (Wildman–Crippen MR) is 157 cm³/mol. The Balaban J connectivity index is 1.78. The summed E-state index contributed by atoms with van der Waals surface area (Å²) in [6, 6.07) is 4.93. The maximum atomic E-state index is 14.0. The van der Waals surface area contributed by atoms with Crippen molar-refractivity contribution in [3.63, 3.8) is 0 Å². The van der Waals surface area contributed by atoms with Gasteiger partial charge in [-0.3, -0.25) is 9.59 Å². The molecule has 1 aromatic carbocycles. The van der Waals surface area contributed by atoms with E-state index in [9.17, 15) is 19.5 Å². The van der Waals surface area contributed by atoms with Gasteiger partial charge >= 0.3 is 6.03 Å². The molecule has 0 unspecified atom stereocenters. The van der Waals surface area contributed by atoms with Crippen LogP contribution in [0.25, 0.3) is 10.4 Å². The molecule has 1 aromatic heterocycles. The molecule has 0 radical (unpaired) electrons. The number of nitrogens with one attached hydrogen (secondary N) is 1. The Hall–Kier alpha value is -3.06. The number of methoxy groups -OCH3 is 2. The number of β-amino-alcohol motifs (C(OH)–C–C–N with tert-alkyl or cyclic N) is 1. The number of ether oxygens (including phenoxy) is 2. The lowest BCUT2D eigenvalue weighted by molar-refractivity contribution is -0.146. The van der Waals surface area contributed by atoms with Crippen LogP contribution in [0.4, 0.5) is 4.79 Å². The molecular formula is C29H43N5O6S. The fraction of sp³-hybridized carbons (Fsp3) is 0.586. The van der Waals surface area contributed by atoms with Crippen molar-refractivity contribution in [1.82, 2.24) is 20.1 Å². The van der Waals surface area contributed by atoms with Gasteiger partial charge in [-0.2, -0.15) is 0 Å². The van der Waals surface area contributed by atoms with E-state index in [0.717, 1.165) is 21.7 Å². The van der Waals surface area contributed by atoms with Gasteiger partial charge in [-0.1, -0.05) is 45.0 Å². The number of nitrogens with zero attached hydrogens (tertiary/aromatic N) is 3. The number of carbonyl (C=O) groups is 3. The topological polar surface area (TPSA) is 147 Å². The van der Waals surface area contributed by atoms with Gasteiger partial charge in [-0.05, 0) is 30.4 Å². The molecule has 226 valence electrons. The van der Waals surface area contributed by atoms with E-state index in [4.69, 9.17) is 15.2 Å². The summed E-state index contributed by atoms with van der Waals surface area (Å²) in [7, 11) is 2.98. The quantitative estimate of drug-likeness (QED) is 0.341. The van der Waals surface area contributed by atoms with Crippen LogP contribution in [0.1, 0.15) is 57.8 Å². The van der Waals surface area contributed by atoms with Gasteiger partial charge in [0.2, 0.25) is 11.8 Å². The zero-order chi connectivity index (χ0) is 30.5. The molecule has 0 bridgehead atoms. The Labute approximate surface area is 246 Å². The maximum absolute atomic E-state index is 14.0. The third-order valence-corrected chi connectivity index (χ3v) is 8.40. The van der Waals surface area contributed by atoms with Gasteiger partial charge in [0, 0.05) is 40.2 Å². The van der Waals surface area contributed by atoms with Crippen LogP contribution in [0.3, 0.4) is 0 Å². The summed E-state index contributed by atoms with van der Waals surface area (Å²) in [6.07, 6.45) is -1.07. The number of carbonyl (C=O) groups excluding carboxylic acids is 3. The van der Waals surface area contributed by atoms with Crippen LogP contribution in [0.15, 0.2) is 29.8 Å². The van der Waals surface area contributed by atoms with E-state index in [1.54, 1.807) is 11.3 Å². The first-order valence-corrected chi connectivity index (χ1v) is 14.6. The van der Waals surface area contributed by atoms with Crippen LogP contribution < -0.4 is 11.1 Å². The largest absolute Gasteiger partial charge is 0.391 e. The van der Waals surface area contributed by atoms with Crippen LogP contribution in [0.2, 0.25) is 0 Å². The highest BCUT2D eigenvalue weighted by Gasteiger charge is 2.47. The minimum Gasteiger partial charge on any atom is -0.391 e. The molecule has 4 N–H and O–H groups in total. The Morgan fingerprint density at radius 1 is 1.22 bits per heavy atom. The van der Waals surface area contributed by atoms with Crippen LogP contribution in [-0.4, -0.2) is 89.5 Å². The molecule has 0 aliphatic carbocycles. The number of primary amides is 1. The first-order valence-electron chi connectivity index (χ1n) is 13.7. The number of benzene rings is 1. The molecular weight excluding hydrogens is 546 g/mol. The van der Waals surface area contributed by atoms with Gasteiger partial charge in [0.15, 0.2) is 6.29 Å². The third kappa shape index (κ3) is 7.82. The molecule has 3 rings (SSSR count). The van der Waals surface area contributed by atoms with Gasteiger partial charge < -0.3 is 35.4 Å². The molecule has 1 saturated heterocycles. The first-order chi connectivity index (χ1) is 19.3. The zero-order valence-corrected chi connectivity index (χ0v) is 25.7. The van der Waals surface area contributed by atoms with E-state index in [-0.39, 0.29) is 31.5 Å². The second kappa shape index (κ2) is 13.7. The van der Waals surface area contributed by atoms with E-state index in [2.05, 4.69) is 10.3 Å². The number of urea groups is 1. The van der Waals surface area contributed by atoms with Crippen molar-refractivity contribution >= 4 is 29.2 Å². The van der Waals surface area contributed by atoms with Crippen molar-refractivity contribution in [2.45, 2.75) is 78.0 Å². The Morgan fingerprint density at radius 2 is 1.85 bits per heavy atom. The molecule has 0 spiro atoms. The van der Waals surface area contributed by atoms with Crippen molar-refractivity contribution in [1.29, 1.82) is 0 Å². The number of thiazole rings is 1. The van der Waals surface area contributed by atoms with Gasteiger partial charge in [0.25, 0.3) is 0 Å². The number of aryl methyl sites for hydroxylation is 1. The SMILES string of the molecule is COC(CCN(C(N)=O)[C@H](C(=O)N1C[C@H](O)C[C@H]1C(=O)N[C@@H](C)c1ccc(-c2scnc2C)cc1)C(C)(C)C)OC. The zero-order valence-electron chi connectivity index (χ0n) is 24.9. The summed E-state index contributed by atoms with van der Waals surface area (Å²) in [5.74, 6) is -0.821. The molecule has 12 heteroatoms. The number of rotatable bonds is 11. The van der Waals surface area contributed by atoms with E-state index in [1.165, 1.54) is 24.0 Å². The summed E-state index contributed by atoms with van der Waals surface area (Å²) in [5, 5.41) is 13.5. The fourth-order valence-corrected chi connectivity index (χ4v) is 6.08. The molecule has 4 amide bonds. The number of aromatic nitrogens is 1. The normalized spacial score (nSPS) is 18.8. The highest BCUT2D eigenvalue weighted by molar-refractivity contribution is 7.13. The molecule has 41 heavy (non-hydrogen) atoms. The maximum Gasteiger partial charge on any atom is 0.315 e. The van der Waals surface area contributed by atoms with Gasteiger partial charge in [-0.15, -0.1) is 11.3 Å². The van der Waals surface area contributed by atoms with Crippen LogP contribution >= 0.6 is 11.3 Å². The van der Waals surface area contributed by atoms with E-state index < -0.39 is 41.8 Å². The molecule has 2 heterocycles. The smallest absolute Gasteiger partial charge is 0.315 e. The number of hydrogen-bond donors (Lipinski definition) is 3. The second-order valence-corrected chi connectivity index (χ2v) is 12.4. The second-order valence-electron chi connectivity index (χ2n) is 11.5. The summed E-state index contributed by atoms with van der Waals surface area (Å²) < 4.78 is 10.5. The lowest BCUT2D eigenvalue weighted by Crippen LogP contribution is -2.60. The number of aliphatic hydroxyl groups excluding tert-OH is 1. The predicted octanol–water partition coefficient (Wildman–Crippen LogP) is 3.06. The number of amides is 4. The standard InChI is InChI=1S/C29H43N5O6S/c1-17(19-8-10-20(11-9-19)24-18(2)31-16-41-24)32-26(36)22-14-21(35)15-34(22)27(37)25(29(3,4)5)33(28(30)38)13-12-23(39-6)40-7/h8-11,16-17,21-23,25,35H,12-15H2,1-7H3,(H2,30,38)(H,32,36)/t17-,21+,22-,25+/m0/s1. The fourth-order valence-electron chi connectivity index (χ4n) is 5.27. The number of hydrogen-bond acceptors (Lipinski definition) is 8. The highest BCUT2D eigenvalue weighted by Crippen LogP contribution is 2.31. The lowest BCUT2D eigenvalue weighted by Gasteiger charge is -2.41. The first kappa shape index (κ1) is 32.5. The van der Waals surface area contributed by atoms with Gasteiger partial charge in [-0.25, -0.2) is 9.78 Å². The summed E-state index contributed by atoms with van der Waals surface area (Å²) in [6.45, 7) is 9.42. The van der Waals surface area contributed by atoms with Crippen LogP contribution in [0.5, 0.6) is 0 Å². The number of likely N-dealkylation sites (tertiary alicyclic amines) is 1. The Kier molecular flexibility index (Phi) is 10.9. The molecule has 1 aliphatic rings. The Bertz CT molecular complexity index is 1190. The molecule has 0 saturated carbocycles. The van der Waals surface area contributed by atoms with E-state index in [0.29, 0.717) is 6.42 Å². The minimum atomic E-state index is -0.977. The summed E-state index contributed by atoms with van der Waals surface area (Å²) in [4.78, 5) is 48.2. The monoisotopic (exact) mass is 589 g/mol. The summed E-state index contributed by atoms with van der Waals surface area (Å²) >= 11 is 1.57. The van der Waals surface area contributed by atoms with Crippen molar-refractivity contribution < 1.29 is 29.0 Å². The Morgan fingerprint density at radius 3 is 2.37 bits per heavy atom. The summed E-state index contributed by atoms with van der Waals surface area (Å²) in [5.41, 5.74) is 9.76. The molecule has 1 aliphatic heterocycles. The average Bonchev–Trinajstić information content (AvgIpc) is 3.52. The van der Waals surface area contributed by atoms with Crippen molar-refractivity contribution in [2.75, 3.05) is 27.3 Å². The minimum absolute atomic E-state index is 0.0217. The lowest BCUT2D eigenvalue weighted by atomic mass is 9.84. The highest BCUT2D eigenvalue weighted by atomic mass is 32.1. The van der Waals surface area contributed by atoms with Gasteiger partial charge in [0.1, 0.15) is 12.1 Å². The van der Waals surface area contributed by atoms with Crippen LogP contribution in [-0.2, 0) is 19.1 Å². The van der Waals surface area contributed by atoms with Crippen molar-refractivity contribution in [3.05, 3.63) is 41.0 Å². The van der Waals surface area contributed by atoms with Crippen molar-refractivity contribution in [2.24, 2.45) is 11.1 Å². The van der Waals surface area contributed by atoms with Gasteiger partial charge in [0.05, 0.1) is 28.2 Å². The van der Waals surface area contributed by atoms with E-state index in [1.807, 2.05) is 64.4 Å². The van der Waals surface area contributed by atoms with E-state index >= 15 is 0 Å². The number of aliphatic hydroxyl groups is 1. The average molecular weight is 590 g/mol. The molecule has 2 aromatic rings. The molecule has 4 atom stereocenters. The number of nitrogens with two attached hydrogens (primary N) is 1. The molecule has 1 fully saturated rings. The third-order valence-electron chi connectivity index (χ3n) is 7.42. The van der Waals surface area contributed by atoms with Crippen LogP contribution in [0, 0.1) is 12.3 Å². The molecule has 11 nitrogen and oxygen atoms in total. The van der Waals surface area contributed by atoms with Crippen molar-refractivity contribution in [3.8, 4) is 10.4 Å².